The maximum atomic E-state index is 12.9. The van der Waals surface area contributed by atoms with Crippen molar-refractivity contribution in [3.63, 3.8) is 0 Å². The Morgan fingerprint density at radius 2 is 1.91 bits per heavy atom. The Morgan fingerprint density at radius 3 is 2.74 bits per heavy atom. The summed E-state index contributed by atoms with van der Waals surface area (Å²) >= 11 is 5.16. The van der Waals surface area contributed by atoms with Crippen molar-refractivity contribution >= 4 is 51.0 Å². The number of rotatable bonds is 3. The molecule has 0 N–H and O–H groups in total. The Morgan fingerprint density at radius 1 is 1.13 bits per heavy atom. The molecule has 2 aromatic rings. The van der Waals surface area contributed by atoms with E-state index in [9.17, 15) is 4.79 Å². The van der Waals surface area contributed by atoms with E-state index >= 15 is 0 Å². The molecule has 1 amide bonds. The number of anilines is 2. The molecule has 0 saturated carbocycles. The summed E-state index contributed by atoms with van der Waals surface area (Å²) in [7, 11) is 2.16. The van der Waals surface area contributed by atoms with Crippen LogP contribution in [0.4, 0.5) is 10.7 Å². The van der Waals surface area contributed by atoms with Crippen LogP contribution in [0.25, 0.3) is 0 Å². The molecule has 2 aliphatic rings. The third kappa shape index (κ3) is 3.08. The summed E-state index contributed by atoms with van der Waals surface area (Å²) in [5.41, 5.74) is 1.07. The zero-order chi connectivity index (χ0) is 15.8. The van der Waals surface area contributed by atoms with E-state index in [1.807, 2.05) is 4.90 Å². The van der Waals surface area contributed by atoms with Crippen molar-refractivity contribution in [3.05, 3.63) is 22.9 Å². The largest absolute Gasteiger partial charge is 0.304 e. The second-order valence-electron chi connectivity index (χ2n) is 5.91. The molecule has 4 rings (SSSR count). The van der Waals surface area contributed by atoms with Gasteiger partial charge in [-0.15, -0.1) is 22.7 Å². The van der Waals surface area contributed by atoms with Crippen LogP contribution in [0.5, 0.6) is 0 Å². The predicted molar refractivity (Wildman–Crippen MR) is 98.5 cm³/mol. The Balaban J connectivity index is 1.47. The molecule has 0 radical (unpaired) electrons. The van der Waals surface area contributed by atoms with Gasteiger partial charge in [-0.1, -0.05) is 11.8 Å². The summed E-state index contributed by atoms with van der Waals surface area (Å²) in [6.45, 7) is 5.17. The first kappa shape index (κ1) is 15.7. The molecule has 4 nitrogen and oxygen atoms in total. The molecule has 2 aromatic heterocycles. The number of thiophene rings is 2. The van der Waals surface area contributed by atoms with Gasteiger partial charge in [-0.3, -0.25) is 9.69 Å². The third-order valence-corrected chi connectivity index (χ3v) is 7.56. The Bertz CT molecular complexity index is 663. The Kier molecular flexibility index (Phi) is 4.47. The van der Waals surface area contributed by atoms with Gasteiger partial charge in [-0.25, -0.2) is 0 Å². The normalized spacial score (nSPS) is 18.7. The van der Waals surface area contributed by atoms with E-state index in [4.69, 9.17) is 0 Å². The minimum Gasteiger partial charge on any atom is -0.304 e. The lowest BCUT2D eigenvalue weighted by molar-refractivity contribution is -0.118. The number of fused-ring (bicyclic) bond motifs is 2. The van der Waals surface area contributed by atoms with Gasteiger partial charge in [0.1, 0.15) is 5.00 Å². The summed E-state index contributed by atoms with van der Waals surface area (Å²) in [6.07, 6.45) is 0.584. The molecule has 2 aliphatic heterocycles. The van der Waals surface area contributed by atoms with Crippen LogP contribution in [-0.2, 0) is 4.79 Å². The van der Waals surface area contributed by atoms with Crippen LogP contribution in [0, 0.1) is 0 Å². The zero-order valence-electron chi connectivity index (χ0n) is 13.0. The van der Waals surface area contributed by atoms with Crippen LogP contribution in [0.15, 0.2) is 32.0 Å². The second kappa shape index (κ2) is 6.57. The van der Waals surface area contributed by atoms with Gasteiger partial charge in [-0.05, 0) is 29.9 Å². The van der Waals surface area contributed by atoms with E-state index in [2.05, 4.69) is 39.7 Å². The van der Waals surface area contributed by atoms with E-state index in [-0.39, 0.29) is 5.91 Å². The maximum absolute atomic E-state index is 12.9. The first-order valence-corrected chi connectivity index (χ1v) is 10.4. The molecule has 0 aliphatic carbocycles. The summed E-state index contributed by atoms with van der Waals surface area (Å²) < 4.78 is 1.23. The molecule has 0 atom stereocenters. The topological polar surface area (TPSA) is 26.8 Å². The van der Waals surface area contributed by atoms with Crippen molar-refractivity contribution in [2.45, 2.75) is 15.5 Å². The summed E-state index contributed by atoms with van der Waals surface area (Å²) in [4.78, 5) is 20.8. The van der Waals surface area contributed by atoms with E-state index in [1.165, 1.54) is 9.10 Å². The number of carbonyl (C=O) groups is 1. The van der Waals surface area contributed by atoms with Crippen molar-refractivity contribution in [1.29, 1.82) is 0 Å². The van der Waals surface area contributed by atoms with Crippen molar-refractivity contribution in [1.82, 2.24) is 9.80 Å². The molecule has 1 saturated heterocycles. The molecule has 0 unspecified atom stereocenters. The van der Waals surface area contributed by atoms with Crippen LogP contribution >= 0.6 is 34.4 Å². The lowest BCUT2D eigenvalue weighted by Gasteiger charge is -2.33. The second-order valence-corrected chi connectivity index (χ2v) is 9.03. The van der Waals surface area contributed by atoms with Gasteiger partial charge in [0.05, 0.1) is 9.90 Å². The predicted octanol–water partition coefficient (Wildman–Crippen LogP) is 3.58. The highest BCUT2D eigenvalue weighted by atomic mass is 32.2. The quantitative estimate of drug-likeness (QED) is 0.831. The van der Waals surface area contributed by atoms with Crippen LogP contribution < -0.4 is 4.90 Å². The minimum atomic E-state index is 0.215. The number of carbonyl (C=O) groups excluding carboxylic acids is 1. The smallest absolute Gasteiger partial charge is 0.233 e. The molecular formula is C16H19N3OS3. The number of amides is 1. The SMILES string of the molecule is CN1CCN(CCC(=O)N2c3ccsc3Sc3ccsc32)CC1. The molecule has 7 heteroatoms. The van der Waals surface area contributed by atoms with Gasteiger partial charge in [0, 0.05) is 44.0 Å². The number of nitrogens with zero attached hydrogens (tertiary/aromatic N) is 3. The maximum Gasteiger partial charge on any atom is 0.233 e. The fraction of sp³-hybridized carbons (Fsp3) is 0.438. The van der Waals surface area contributed by atoms with Gasteiger partial charge in [0.25, 0.3) is 0 Å². The third-order valence-electron chi connectivity index (χ3n) is 4.35. The highest BCUT2D eigenvalue weighted by molar-refractivity contribution is 8.01. The molecule has 122 valence electrons. The Labute approximate surface area is 148 Å². The number of piperazine rings is 1. The average Bonchev–Trinajstić information content (AvgIpc) is 3.20. The highest BCUT2D eigenvalue weighted by Gasteiger charge is 2.30. The van der Waals surface area contributed by atoms with Gasteiger partial charge >= 0.3 is 0 Å². The molecule has 23 heavy (non-hydrogen) atoms. The Hall–Kier alpha value is -0.860. The lowest BCUT2D eigenvalue weighted by Crippen LogP contribution is -2.45. The van der Waals surface area contributed by atoms with E-state index in [0.717, 1.165) is 43.4 Å². The molecule has 0 bridgehead atoms. The zero-order valence-corrected chi connectivity index (χ0v) is 15.5. The van der Waals surface area contributed by atoms with Crippen molar-refractivity contribution in [3.8, 4) is 0 Å². The van der Waals surface area contributed by atoms with Gasteiger partial charge in [-0.2, -0.15) is 0 Å². The average molecular weight is 366 g/mol. The summed E-state index contributed by atoms with van der Waals surface area (Å²) in [6, 6.07) is 4.19. The highest BCUT2D eigenvalue weighted by Crippen LogP contribution is 2.53. The summed E-state index contributed by atoms with van der Waals surface area (Å²) in [5.74, 6) is 0.215. The van der Waals surface area contributed by atoms with E-state index < -0.39 is 0 Å². The van der Waals surface area contributed by atoms with E-state index in [0.29, 0.717) is 6.42 Å². The molecule has 0 spiro atoms. The van der Waals surface area contributed by atoms with Crippen LogP contribution in [0.2, 0.25) is 0 Å². The fourth-order valence-corrected chi connectivity index (χ4v) is 6.14. The molecule has 0 aromatic carbocycles. The number of hydrogen-bond donors (Lipinski definition) is 0. The molecular weight excluding hydrogens is 346 g/mol. The molecule has 4 heterocycles. The first-order valence-electron chi connectivity index (χ1n) is 7.79. The number of hydrogen-bond acceptors (Lipinski definition) is 6. The number of likely N-dealkylation sites (N-methyl/N-ethyl adjacent to an activating group) is 1. The van der Waals surface area contributed by atoms with Gasteiger partial charge < -0.3 is 9.80 Å². The van der Waals surface area contributed by atoms with Gasteiger partial charge in [0.2, 0.25) is 5.91 Å². The van der Waals surface area contributed by atoms with Crippen LogP contribution in [0.1, 0.15) is 6.42 Å². The van der Waals surface area contributed by atoms with Crippen molar-refractivity contribution < 1.29 is 4.79 Å². The summed E-state index contributed by atoms with van der Waals surface area (Å²) in [5, 5.41) is 5.24. The van der Waals surface area contributed by atoms with Crippen molar-refractivity contribution in [2.75, 3.05) is 44.7 Å². The van der Waals surface area contributed by atoms with Crippen molar-refractivity contribution in [2.24, 2.45) is 0 Å². The molecule has 1 fully saturated rings. The van der Waals surface area contributed by atoms with Crippen LogP contribution in [-0.4, -0.2) is 55.5 Å². The lowest BCUT2D eigenvalue weighted by atomic mass is 10.2. The minimum absolute atomic E-state index is 0.215. The fourth-order valence-electron chi connectivity index (χ4n) is 2.95. The standard InChI is InChI=1S/C16H19N3OS3/c1-17-6-8-18(9-7-17)5-2-14(20)19-12-3-10-22-16(12)23-13-4-11-21-15(13)19/h3-4,10-11H,2,5-9H2,1H3. The van der Waals surface area contributed by atoms with Crippen LogP contribution in [0.3, 0.4) is 0 Å². The monoisotopic (exact) mass is 365 g/mol. The van der Waals surface area contributed by atoms with Gasteiger partial charge in [0.15, 0.2) is 0 Å². The first-order chi connectivity index (χ1) is 11.2. The van der Waals surface area contributed by atoms with E-state index in [1.54, 1.807) is 34.4 Å².